The summed E-state index contributed by atoms with van der Waals surface area (Å²) >= 11 is 6.25. The largest absolute Gasteiger partial charge is 0.336 e. The predicted molar refractivity (Wildman–Crippen MR) is 83.9 cm³/mol. The van der Waals surface area contributed by atoms with Crippen LogP contribution in [0.5, 0.6) is 0 Å². The van der Waals surface area contributed by atoms with Crippen LogP contribution in [0.2, 0.25) is 5.02 Å². The van der Waals surface area contributed by atoms with Crippen molar-refractivity contribution in [2.45, 2.75) is 31.2 Å². The van der Waals surface area contributed by atoms with Crippen LogP contribution in [0.1, 0.15) is 35.2 Å². The van der Waals surface area contributed by atoms with E-state index < -0.39 is 0 Å². The molecule has 6 heteroatoms. The van der Waals surface area contributed by atoms with Crippen molar-refractivity contribution in [2.75, 3.05) is 18.4 Å². The maximum absolute atomic E-state index is 12.8. The summed E-state index contributed by atoms with van der Waals surface area (Å²) in [6, 6.07) is 3.42. The third kappa shape index (κ3) is 2.03. The molecule has 2 fully saturated rings. The minimum Gasteiger partial charge on any atom is -0.336 e. The van der Waals surface area contributed by atoms with Crippen molar-refractivity contribution < 1.29 is 9.59 Å². The van der Waals surface area contributed by atoms with Crippen LogP contribution in [-0.4, -0.2) is 35.3 Å². The molecule has 3 N–H and O–H groups in total. The summed E-state index contributed by atoms with van der Waals surface area (Å²) < 4.78 is 0. The molecule has 1 saturated heterocycles. The van der Waals surface area contributed by atoms with Gasteiger partial charge in [-0.2, -0.15) is 0 Å². The SMILES string of the molecule is NC12CCCC1CN(C(=O)c1cc3c(cc1Cl)NC(=O)C3)C2. The van der Waals surface area contributed by atoms with E-state index in [4.69, 9.17) is 17.3 Å². The van der Waals surface area contributed by atoms with Crippen LogP contribution in [0.25, 0.3) is 0 Å². The van der Waals surface area contributed by atoms with Crippen molar-refractivity contribution >= 4 is 29.1 Å². The molecule has 4 rings (SSSR count). The molecule has 1 aromatic carbocycles. The molecule has 116 valence electrons. The molecule has 3 aliphatic rings. The Hall–Kier alpha value is -1.59. The fraction of sp³-hybridized carbons (Fsp3) is 0.500. The number of carbonyl (C=O) groups excluding carboxylic acids is 2. The Labute approximate surface area is 133 Å². The van der Waals surface area contributed by atoms with E-state index in [1.165, 1.54) is 0 Å². The Bertz CT molecular complexity index is 690. The molecular formula is C16H18ClN3O2. The van der Waals surface area contributed by atoms with Gasteiger partial charge in [0, 0.05) is 24.3 Å². The summed E-state index contributed by atoms with van der Waals surface area (Å²) in [5.74, 6) is 0.256. The molecule has 0 bridgehead atoms. The van der Waals surface area contributed by atoms with Crippen molar-refractivity contribution in [2.24, 2.45) is 11.7 Å². The fourth-order valence-corrected chi connectivity index (χ4v) is 4.32. The molecule has 2 atom stereocenters. The van der Waals surface area contributed by atoms with Gasteiger partial charge >= 0.3 is 0 Å². The maximum atomic E-state index is 12.8. The van der Waals surface area contributed by atoms with Gasteiger partial charge in [-0.3, -0.25) is 9.59 Å². The normalized spacial score (nSPS) is 29.5. The summed E-state index contributed by atoms with van der Waals surface area (Å²) in [6.07, 6.45) is 3.53. The molecule has 1 saturated carbocycles. The van der Waals surface area contributed by atoms with Crippen LogP contribution in [0.15, 0.2) is 12.1 Å². The summed E-state index contributed by atoms with van der Waals surface area (Å²) in [4.78, 5) is 26.1. The molecule has 1 aromatic rings. The second-order valence-electron chi connectivity index (χ2n) is 6.72. The van der Waals surface area contributed by atoms with Crippen LogP contribution in [0.4, 0.5) is 5.69 Å². The van der Waals surface area contributed by atoms with Crippen molar-refractivity contribution in [3.63, 3.8) is 0 Å². The van der Waals surface area contributed by atoms with Gasteiger partial charge in [-0.15, -0.1) is 0 Å². The monoisotopic (exact) mass is 319 g/mol. The molecule has 2 amide bonds. The minimum absolute atomic E-state index is 0.0627. The summed E-state index contributed by atoms with van der Waals surface area (Å²) in [5, 5.41) is 3.13. The number of carbonyl (C=O) groups is 2. The highest BCUT2D eigenvalue weighted by Gasteiger charge is 2.48. The minimum atomic E-state index is -0.226. The smallest absolute Gasteiger partial charge is 0.255 e. The highest BCUT2D eigenvalue weighted by molar-refractivity contribution is 6.34. The van der Waals surface area contributed by atoms with Gasteiger partial charge in [-0.25, -0.2) is 0 Å². The highest BCUT2D eigenvalue weighted by Crippen LogP contribution is 2.40. The number of amides is 2. The Morgan fingerprint density at radius 1 is 1.45 bits per heavy atom. The lowest BCUT2D eigenvalue weighted by Gasteiger charge is -2.23. The van der Waals surface area contributed by atoms with Crippen molar-refractivity contribution in [1.82, 2.24) is 4.90 Å². The molecule has 2 unspecified atom stereocenters. The van der Waals surface area contributed by atoms with Gasteiger partial charge in [-0.05, 0) is 36.5 Å². The first kappa shape index (κ1) is 14.0. The van der Waals surface area contributed by atoms with Crippen LogP contribution >= 0.6 is 11.6 Å². The van der Waals surface area contributed by atoms with Crippen molar-refractivity contribution in [3.05, 3.63) is 28.3 Å². The molecule has 5 nitrogen and oxygen atoms in total. The average molecular weight is 320 g/mol. The number of benzene rings is 1. The van der Waals surface area contributed by atoms with Crippen LogP contribution in [0, 0.1) is 5.92 Å². The number of nitrogens with two attached hydrogens (primary N) is 1. The number of fused-ring (bicyclic) bond motifs is 2. The molecule has 0 aromatic heterocycles. The van der Waals surface area contributed by atoms with Crippen molar-refractivity contribution in [1.29, 1.82) is 0 Å². The van der Waals surface area contributed by atoms with Crippen LogP contribution in [-0.2, 0) is 11.2 Å². The Morgan fingerprint density at radius 2 is 2.27 bits per heavy atom. The molecule has 0 radical (unpaired) electrons. The summed E-state index contributed by atoms with van der Waals surface area (Å²) in [6.45, 7) is 1.31. The number of likely N-dealkylation sites (tertiary alicyclic amines) is 1. The molecule has 1 aliphatic carbocycles. The van der Waals surface area contributed by atoms with Gasteiger partial charge < -0.3 is 16.0 Å². The van der Waals surface area contributed by atoms with E-state index >= 15 is 0 Å². The van der Waals surface area contributed by atoms with Gasteiger partial charge in [-0.1, -0.05) is 18.0 Å². The summed E-state index contributed by atoms with van der Waals surface area (Å²) in [5.41, 5.74) is 8.22. The van der Waals surface area contributed by atoms with Gasteiger partial charge in [0.1, 0.15) is 0 Å². The van der Waals surface area contributed by atoms with Crippen molar-refractivity contribution in [3.8, 4) is 0 Å². The fourth-order valence-electron chi connectivity index (χ4n) is 4.07. The second-order valence-corrected chi connectivity index (χ2v) is 7.13. The zero-order valence-corrected chi connectivity index (χ0v) is 12.9. The first-order chi connectivity index (χ1) is 10.5. The topological polar surface area (TPSA) is 75.4 Å². The Balaban J connectivity index is 1.62. The van der Waals surface area contributed by atoms with Crippen LogP contribution in [0.3, 0.4) is 0 Å². The molecule has 0 spiro atoms. The van der Waals surface area contributed by atoms with Crippen LogP contribution < -0.4 is 11.1 Å². The predicted octanol–water partition coefficient (Wildman–Crippen LogP) is 1.79. The first-order valence-electron chi connectivity index (χ1n) is 7.67. The van der Waals surface area contributed by atoms with E-state index in [1.807, 2.05) is 4.90 Å². The lowest BCUT2D eigenvalue weighted by Crippen LogP contribution is -2.44. The van der Waals surface area contributed by atoms with E-state index in [2.05, 4.69) is 5.32 Å². The number of hydrogen-bond donors (Lipinski definition) is 2. The number of halogens is 1. The Morgan fingerprint density at radius 3 is 3.05 bits per heavy atom. The molecular weight excluding hydrogens is 302 g/mol. The van der Waals surface area contributed by atoms with E-state index in [0.29, 0.717) is 41.7 Å². The number of hydrogen-bond acceptors (Lipinski definition) is 3. The van der Waals surface area contributed by atoms with E-state index in [9.17, 15) is 9.59 Å². The van der Waals surface area contributed by atoms with Gasteiger partial charge in [0.15, 0.2) is 0 Å². The number of nitrogens with one attached hydrogen (secondary N) is 1. The van der Waals surface area contributed by atoms with E-state index in [1.54, 1.807) is 12.1 Å². The van der Waals surface area contributed by atoms with E-state index in [0.717, 1.165) is 24.8 Å². The first-order valence-corrected chi connectivity index (χ1v) is 8.04. The van der Waals surface area contributed by atoms with Gasteiger partial charge in [0.25, 0.3) is 5.91 Å². The van der Waals surface area contributed by atoms with Gasteiger partial charge in [0.05, 0.1) is 17.0 Å². The number of anilines is 1. The second kappa shape index (κ2) is 4.70. The lowest BCUT2D eigenvalue weighted by atomic mass is 9.92. The third-order valence-corrected chi connectivity index (χ3v) is 5.58. The van der Waals surface area contributed by atoms with E-state index in [-0.39, 0.29) is 17.4 Å². The standard InChI is InChI=1S/C16H18ClN3O2/c17-12-6-13-9(5-14(21)19-13)4-11(12)15(22)20-7-10-2-1-3-16(10,18)8-20/h4,6,10H,1-3,5,7-8,18H2,(H,19,21). The highest BCUT2D eigenvalue weighted by atomic mass is 35.5. The van der Waals surface area contributed by atoms with Gasteiger partial charge in [0.2, 0.25) is 5.91 Å². The average Bonchev–Trinajstić information content (AvgIpc) is 3.06. The number of rotatable bonds is 1. The zero-order chi connectivity index (χ0) is 15.5. The lowest BCUT2D eigenvalue weighted by molar-refractivity contribution is -0.115. The molecule has 2 aliphatic heterocycles. The third-order valence-electron chi connectivity index (χ3n) is 5.27. The Kier molecular flexibility index (Phi) is 3.00. The maximum Gasteiger partial charge on any atom is 0.255 e. The zero-order valence-electron chi connectivity index (χ0n) is 12.2. The molecule has 22 heavy (non-hydrogen) atoms. The molecule has 2 heterocycles. The quantitative estimate of drug-likeness (QED) is 0.828. The number of nitrogens with zero attached hydrogens (tertiary/aromatic N) is 1. The summed E-state index contributed by atoms with van der Waals surface area (Å²) in [7, 11) is 0.